The second-order valence-electron chi connectivity index (χ2n) is 6.91. The molecule has 8 heteroatoms. The Morgan fingerprint density at radius 3 is 2.28 bits per heavy atom. The summed E-state index contributed by atoms with van der Waals surface area (Å²) in [6, 6.07) is 15.2. The van der Waals surface area contributed by atoms with Gasteiger partial charge in [0.15, 0.2) is 11.6 Å². The average Bonchev–Trinajstić information content (AvgIpc) is 2.76. The summed E-state index contributed by atoms with van der Waals surface area (Å²) in [5, 5.41) is 11.7. The van der Waals surface area contributed by atoms with Crippen molar-refractivity contribution in [3.05, 3.63) is 70.3 Å². The summed E-state index contributed by atoms with van der Waals surface area (Å²) in [5.74, 6) is 2.25. The molecule has 1 amide bonds. The van der Waals surface area contributed by atoms with Crippen molar-refractivity contribution >= 4 is 39.3 Å². The fraction of sp³-hybridized carbons (Fsp3) is 0.238. The Labute approximate surface area is 177 Å². The van der Waals surface area contributed by atoms with E-state index in [9.17, 15) is 4.79 Å². The van der Waals surface area contributed by atoms with E-state index in [1.165, 1.54) is 0 Å². The molecule has 0 saturated carbocycles. The van der Waals surface area contributed by atoms with Crippen LogP contribution in [0.3, 0.4) is 0 Å². The fourth-order valence-corrected chi connectivity index (χ4v) is 3.41. The Balaban J connectivity index is 1.34. The van der Waals surface area contributed by atoms with Crippen molar-refractivity contribution in [3.63, 3.8) is 0 Å². The SMILES string of the molecule is Cc1ccc(Nc2ccc(N3CCN(C(=O)c4ccc(Br)cc4)CC3)nn2)nc1. The molecule has 1 N–H and O–H groups in total. The molecule has 1 fully saturated rings. The number of nitrogens with one attached hydrogen (secondary N) is 1. The minimum Gasteiger partial charge on any atom is -0.352 e. The number of piperazine rings is 1. The van der Waals surface area contributed by atoms with E-state index in [1.54, 1.807) is 6.20 Å². The van der Waals surface area contributed by atoms with Crippen molar-refractivity contribution in [2.24, 2.45) is 0 Å². The highest BCUT2D eigenvalue weighted by Gasteiger charge is 2.23. The van der Waals surface area contributed by atoms with Crippen LogP contribution < -0.4 is 10.2 Å². The Morgan fingerprint density at radius 2 is 1.66 bits per heavy atom. The summed E-state index contributed by atoms with van der Waals surface area (Å²) in [6.07, 6.45) is 1.80. The Bertz CT molecular complexity index is 968. The number of halogens is 1. The van der Waals surface area contributed by atoms with Gasteiger partial charge in [-0.3, -0.25) is 4.79 Å². The quantitative estimate of drug-likeness (QED) is 0.650. The van der Waals surface area contributed by atoms with Gasteiger partial charge in [-0.2, -0.15) is 0 Å². The molecule has 3 heterocycles. The number of rotatable bonds is 4. The Kier molecular flexibility index (Phi) is 5.71. The molecule has 4 rings (SSSR count). The molecule has 0 radical (unpaired) electrons. The lowest BCUT2D eigenvalue weighted by Gasteiger charge is -2.35. The number of hydrogen-bond acceptors (Lipinski definition) is 6. The summed E-state index contributed by atoms with van der Waals surface area (Å²) in [6.45, 7) is 4.76. The first kappa shape index (κ1) is 19.3. The number of hydrogen-bond donors (Lipinski definition) is 1. The summed E-state index contributed by atoms with van der Waals surface area (Å²) < 4.78 is 0.966. The first-order valence-corrected chi connectivity index (χ1v) is 10.2. The van der Waals surface area contributed by atoms with Crippen LogP contribution in [0, 0.1) is 6.92 Å². The fourth-order valence-electron chi connectivity index (χ4n) is 3.15. The maximum Gasteiger partial charge on any atom is 0.253 e. The maximum absolute atomic E-state index is 12.6. The van der Waals surface area contributed by atoms with Crippen molar-refractivity contribution in [2.45, 2.75) is 6.92 Å². The zero-order valence-electron chi connectivity index (χ0n) is 16.0. The normalized spacial score (nSPS) is 14.0. The van der Waals surface area contributed by atoms with Gasteiger partial charge in [-0.15, -0.1) is 10.2 Å². The van der Waals surface area contributed by atoms with Crippen molar-refractivity contribution in [3.8, 4) is 0 Å². The van der Waals surface area contributed by atoms with Crippen molar-refractivity contribution in [1.29, 1.82) is 0 Å². The third kappa shape index (κ3) is 4.71. The number of pyridine rings is 1. The van der Waals surface area contributed by atoms with Crippen LogP contribution in [0.15, 0.2) is 59.2 Å². The van der Waals surface area contributed by atoms with Gasteiger partial charge in [-0.1, -0.05) is 22.0 Å². The van der Waals surface area contributed by atoms with Crippen molar-refractivity contribution in [1.82, 2.24) is 20.1 Å². The number of aromatic nitrogens is 3. The van der Waals surface area contributed by atoms with Gasteiger partial charge >= 0.3 is 0 Å². The Hall–Kier alpha value is -3.00. The van der Waals surface area contributed by atoms with Gasteiger partial charge < -0.3 is 15.1 Å². The number of aryl methyl sites for hydroxylation is 1. The van der Waals surface area contributed by atoms with E-state index in [1.807, 2.05) is 60.4 Å². The van der Waals surface area contributed by atoms with E-state index in [-0.39, 0.29) is 5.91 Å². The molecule has 0 spiro atoms. The second-order valence-corrected chi connectivity index (χ2v) is 7.82. The molecule has 0 aliphatic carbocycles. The first-order valence-electron chi connectivity index (χ1n) is 9.42. The molecule has 29 heavy (non-hydrogen) atoms. The minimum absolute atomic E-state index is 0.0633. The number of amides is 1. The van der Waals surface area contributed by atoms with Gasteiger partial charge in [0, 0.05) is 42.4 Å². The molecule has 1 saturated heterocycles. The van der Waals surface area contributed by atoms with E-state index in [0.29, 0.717) is 24.5 Å². The highest BCUT2D eigenvalue weighted by molar-refractivity contribution is 9.10. The summed E-state index contributed by atoms with van der Waals surface area (Å²) >= 11 is 3.40. The Morgan fingerprint density at radius 1 is 0.931 bits per heavy atom. The van der Waals surface area contributed by atoms with E-state index in [4.69, 9.17) is 0 Å². The van der Waals surface area contributed by atoms with Gasteiger partial charge in [-0.05, 0) is 55.0 Å². The predicted octanol–water partition coefficient (Wildman–Crippen LogP) is 3.65. The smallest absolute Gasteiger partial charge is 0.253 e. The van der Waals surface area contributed by atoms with Gasteiger partial charge in [0.2, 0.25) is 0 Å². The van der Waals surface area contributed by atoms with Crippen LogP contribution in [-0.4, -0.2) is 52.2 Å². The maximum atomic E-state index is 12.6. The standard InChI is InChI=1S/C21H21BrN6O/c1-15-2-7-18(23-14-15)24-19-8-9-20(26-25-19)27-10-12-28(13-11-27)21(29)16-3-5-17(22)6-4-16/h2-9,14H,10-13H2,1H3,(H,23,24,25). The lowest BCUT2D eigenvalue weighted by atomic mass is 10.2. The van der Waals surface area contributed by atoms with Crippen LogP contribution in [0.4, 0.5) is 17.5 Å². The molecule has 1 aliphatic rings. The third-order valence-electron chi connectivity index (χ3n) is 4.80. The van der Waals surface area contributed by atoms with Crippen LogP contribution in [0.1, 0.15) is 15.9 Å². The lowest BCUT2D eigenvalue weighted by molar-refractivity contribution is 0.0746. The first-order chi connectivity index (χ1) is 14.1. The molecule has 0 atom stereocenters. The number of benzene rings is 1. The van der Waals surface area contributed by atoms with Gasteiger partial charge in [-0.25, -0.2) is 4.98 Å². The molecule has 0 bridgehead atoms. The van der Waals surface area contributed by atoms with Crippen LogP contribution in [0.2, 0.25) is 0 Å². The van der Waals surface area contributed by atoms with E-state index < -0.39 is 0 Å². The third-order valence-corrected chi connectivity index (χ3v) is 5.33. The summed E-state index contributed by atoms with van der Waals surface area (Å²) in [7, 11) is 0. The van der Waals surface area contributed by atoms with E-state index >= 15 is 0 Å². The van der Waals surface area contributed by atoms with E-state index in [0.717, 1.165) is 34.8 Å². The number of anilines is 3. The van der Waals surface area contributed by atoms with Gasteiger partial charge in [0.05, 0.1) is 0 Å². The zero-order valence-corrected chi connectivity index (χ0v) is 17.6. The van der Waals surface area contributed by atoms with Crippen molar-refractivity contribution in [2.75, 3.05) is 36.4 Å². The van der Waals surface area contributed by atoms with Crippen LogP contribution >= 0.6 is 15.9 Å². The van der Waals surface area contributed by atoms with Crippen LogP contribution in [0.5, 0.6) is 0 Å². The number of carbonyl (C=O) groups is 1. The summed E-state index contributed by atoms with van der Waals surface area (Å²) in [4.78, 5) is 21.0. The van der Waals surface area contributed by atoms with Crippen molar-refractivity contribution < 1.29 is 4.79 Å². The van der Waals surface area contributed by atoms with Gasteiger partial charge in [0.25, 0.3) is 5.91 Å². The molecule has 3 aromatic rings. The van der Waals surface area contributed by atoms with Gasteiger partial charge in [0.1, 0.15) is 5.82 Å². The lowest BCUT2D eigenvalue weighted by Crippen LogP contribution is -2.49. The van der Waals surface area contributed by atoms with Crippen LogP contribution in [0.25, 0.3) is 0 Å². The number of nitrogens with zero attached hydrogens (tertiary/aromatic N) is 5. The monoisotopic (exact) mass is 452 g/mol. The van der Waals surface area contributed by atoms with E-state index in [2.05, 4.69) is 41.3 Å². The molecular formula is C21H21BrN6O. The minimum atomic E-state index is 0.0633. The average molecular weight is 453 g/mol. The molecule has 148 valence electrons. The topological polar surface area (TPSA) is 74.2 Å². The second kappa shape index (κ2) is 8.57. The molecule has 2 aromatic heterocycles. The highest BCUT2D eigenvalue weighted by Crippen LogP contribution is 2.18. The predicted molar refractivity (Wildman–Crippen MR) is 117 cm³/mol. The molecular weight excluding hydrogens is 432 g/mol. The largest absolute Gasteiger partial charge is 0.352 e. The summed E-state index contributed by atoms with van der Waals surface area (Å²) in [5.41, 5.74) is 1.82. The molecule has 0 unspecified atom stereocenters. The molecule has 1 aromatic carbocycles. The highest BCUT2D eigenvalue weighted by atomic mass is 79.9. The number of carbonyl (C=O) groups excluding carboxylic acids is 1. The van der Waals surface area contributed by atoms with Crippen LogP contribution in [-0.2, 0) is 0 Å². The molecule has 7 nitrogen and oxygen atoms in total. The zero-order chi connectivity index (χ0) is 20.2. The molecule has 1 aliphatic heterocycles.